The molecule has 3 rings (SSSR count). The summed E-state index contributed by atoms with van der Waals surface area (Å²) in [6.07, 6.45) is 0.870. The zero-order valence-electron chi connectivity index (χ0n) is 13.5. The Kier molecular flexibility index (Phi) is 3.60. The Labute approximate surface area is 129 Å². The predicted octanol–water partition coefficient (Wildman–Crippen LogP) is 2.80. The van der Waals surface area contributed by atoms with Gasteiger partial charge in [0.15, 0.2) is 16.9 Å². The van der Waals surface area contributed by atoms with Gasteiger partial charge in [-0.3, -0.25) is 4.40 Å². The molecule has 22 heavy (non-hydrogen) atoms. The monoisotopic (exact) mass is 300 g/mol. The van der Waals surface area contributed by atoms with Gasteiger partial charge in [0, 0.05) is 18.6 Å². The van der Waals surface area contributed by atoms with Crippen LogP contribution < -0.4 is 9.47 Å². The minimum absolute atomic E-state index is 0.501. The Morgan fingerprint density at radius 3 is 2.55 bits per heavy atom. The molecule has 0 fully saturated rings. The quantitative estimate of drug-likeness (QED) is 0.741. The van der Waals surface area contributed by atoms with E-state index in [0.29, 0.717) is 17.2 Å². The molecule has 0 saturated heterocycles. The first-order valence-electron chi connectivity index (χ1n) is 7.31. The van der Waals surface area contributed by atoms with Crippen molar-refractivity contribution in [2.45, 2.75) is 27.2 Å². The van der Waals surface area contributed by atoms with Crippen LogP contribution in [0.5, 0.6) is 11.5 Å². The topological polar surface area (TPSA) is 61.5 Å². The second-order valence-corrected chi connectivity index (χ2v) is 5.77. The van der Waals surface area contributed by atoms with Gasteiger partial charge in [0.2, 0.25) is 0 Å². The van der Waals surface area contributed by atoms with E-state index >= 15 is 0 Å². The summed E-state index contributed by atoms with van der Waals surface area (Å²) in [4.78, 5) is 4.67. The lowest BCUT2D eigenvalue weighted by molar-refractivity contribution is 0.397. The predicted molar refractivity (Wildman–Crippen MR) is 84.7 cm³/mol. The van der Waals surface area contributed by atoms with Crippen molar-refractivity contribution in [3.05, 3.63) is 23.7 Å². The summed E-state index contributed by atoms with van der Waals surface area (Å²) < 4.78 is 12.9. The highest BCUT2D eigenvalue weighted by atomic mass is 16.5. The molecular formula is C16H20N4O2. The van der Waals surface area contributed by atoms with Crippen molar-refractivity contribution in [3.63, 3.8) is 0 Å². The van der Waals surface area contributed by atoms with Gasteiger partial charge in [0.1, 0.15) is 11.6 Å². The zero-order chi connectivity index (χ0) is 15.9. The molecule has 0 aliphatic rings. The number of aromatic nitrogens is 4. The van der Waals surface area contributed by atoms with Gasteiger partial charge in [-0.15, -0.1) is 10.2 Å². The molecule has 0 spiro atoms. The second-order valence-electron chi connectivity index (χ2n) is 5.77. The number of hydrogen-bond donors (Lipinski definition) is 0. The Hall–Kier alpha value is -2.37. The Morgan fingerprint density at radius 2 is 1.91 bits per heavy atom. The van der Waals surface area contributed by atoms with E-state index in [2.05, 4.69) is 33.4 Å². The molecule has 2 heterocycles. The van der Waals surface area contributed by atoms with E-state index in [4.69, 9.17) is 9.47 Å². The molecule has 0 atom stereocenters. The standard InChI is InChI=1S/C16H20N4O2/c1-9(2)6-14-17-10(3)16-19-18-15-12(20(14)16)7-11(21-4)8-13(15)22-5/h7-9H,6H2,1-5H3. The van der Waals surface area contributed by atoms with Crippen LogP contribution in [-0.4, -0.2) is 33.8 Å². The number of benzene rings is 1. The molecule has 116 valence electrons. The Bertz CT molecular complexity index is 839. The highest BCUT2D eigenvalue weighted by Crippen LogP contribution is 2.30. The SMILES string of the molecule is COc1cc(OC)c2nnc3c(C)nc(CC(C)C)n3c2c1. The summed E-state index contributed by atoms with van der Waals surface area (Å²) in [5.74, 6) is 2.85. The van der Waals surface area contributed by atoms with Crippen molar-refractivity contribution in [2.75, 3.05) is 14.2 Å². The molecule has 0 saturated carbocycles. The van der Waals surface area contributed by atoms with E-state index in [0.717, 1.165) is 34.9 Å². The molecular weight excluding hydrogens is 280 g/mol. The molecule has 0 unspecified atom stereocenters. The lowest BCUT2D eigenvalue weighted by Crippen LogP contribution is -2.04. The third kappa shape index (κ3) is 2.24. The normalized spacial score (nSPS) is 11.5. The molecule has 0 aliphatic heterocycles. The summed E-state index contributed by atoms with van der Waals surface area (Å²) in [6.45, 7) is 6.31. The summed E-state index contributed by atoms with van der Waals surface area (Å²) in [5, 5.41) is 8.65. The fraction of sp³-hybridized carbons (Fsp3) is 0.438. The maximum absolute atomic E-state index is 5.43. The molecule has 0 radical (unpaired) electrons. The van der Waals surface area contributed by atoms with E-state index in [1.807, 2.05) is 19.1 Å². The smallest absolute Gasteiger partial charge is 0.182 e. The summed E-state index contributed by atoms with van der Waals surface area (Å²) >= 11 is 0. The number of aryl methyl sites for hydroxylation is 1. The van der Waals surface area contributed by atoms with E-state index < -0.39 is 0 Å². The van der Waals surface area contributed by atoms with Crippen LogP contribution in [0.15, 0.2) is 12.1 Å². The lowest BCUT2D eigenvalue weighted by Gasteiger charge is -2.11. The van der Waals surface area contributed by atoms with Gasteiger partial charge in [-0.05, 0) is 12.8 Å². The van der Waals surface area contributed by atoms with Gasteiger partial charge in [-0.2, -0.15) is 0 Å². The van der Waals surface area contributed by atoms with E-state index in [1.54, 1.807) is 14.2 Å². The largest absolute Gasteiger partial charge is 0.497 e. The van der Waals surface area contributed by atoms with Gasteiger partial charge < -0.3 is 9.47 Å². The first kappa shape index (κ1) is 14.6. The number of nitrogens with zero attached hydrogens (tertiary/aromatic N) is 4. The van der Waals surface area contributed by atoms with Crippen molar-refractivity contribution in [2.24, 2.45) is 5.92 Å². The van der Waals surface area contributed by atoms with Crippen LogP contribution in [0.4, 0.5) is 0 Å². The van der Waals surface area contributed by atoms with E-state index in [1.165, 1.54) is 0 Å². The molecule has 0 amide bonds. The number of imidazole rings is 1. The van der Waals surface area contributed by atoms with Crippen molar-refractivity contribution < 1.29 is 9.47 Å². The Morgan fingerprint density at radius 1 is 1.14 bits per heavy atom. The molecule has 0 bridgehead atoms. The molecule has 3 aromatic rings. The van der Waals surface area contributed by atoms with Crippen molar-refractivity contribution in [3.8, 4) is 11.5 Å². The van der Waals surface area contributed by atoms with Crippen LogP contribution in [0.1, 0.15) is 25.4 Å². The average molecular weight is 300 g/mol. The van der Waals surface area contributed by atoms with E-state index in [9.17, 15) is 0 Å². The first-order valence-corrected chi connectivity index (χ1v) is 7.31. The van der Waals surface area contributed by atoms with Crippen LogP contribution in [0.2, 0.25) is 0 Å². The third-order valence-corrected chi connectivity index (χ3v) is 3.65. The molecule has 6 heteroatoms. The maximum atomic E-state index is 5.43. The highest BCUT2D eigenvalue weighted by Gasteiger charge is 2.17. The van der Waals surface area contributed by atoms with Crippen molar-refractivity contribution in [1.29, 1.82) is 0 Å². The number of rotatable bonds is 4. The summed E-state index contributed by atoms with van der Waals surface area (Å²) in [5.41, 5.74) is 3.26. The van der Waals surface area contributed by atoms with E-state index in [-0.39, 0.29) is 0 Å². The van der Waals surface area contributed by atoms with Crippen LogP contribution >= 0.6 is 0 Å². The molecule has 2 aromatic heterocycles. The van der Waals surface area contributed by atoms with Gasteiger partial charge in [-0.1, -0.05) is 13.8 Å². The maximum Gasteiger partial charge on any atom is 0.182 e. The van der Waals surface area contributed by atoms with Crippen LogP contribution in [0.25, 0.3) is 16.7 Å². The number of hydrogen-bond acceptors (Lipinski definition) is 5. The number of ether oxygens (including phenoxy) is 2. The highest BCUT2D eigenvalue weighted by molar-refractivity contribution is 5.85. The van der Waals surface area contributed by atoms with Crippen LogP contribution in [0, 0.1) is 12.8 Å². The minimum atomic E-state index is 0.501. The second kappa shape index (κ2) is 5.44. The third-order valence-electron chi connectivity index (χ3n) is 3.65. The Balaban J connectivity index is 2.42. The number of methoxy groups -OCH3 is 2. The van der Waals surface area contributed by atoms with Crippen molar-refractivity contribution >= 4 is 16.7 Å². The summed E-state index contributed by atoms with van der Waals surface area (Å²) in [6, 6.07) is 3.76. The van der Waals surface area contributed by atoms with Gasteiger partial charge in [0.05, 0.1) is 25.4 Å². The average Bonchev–Trinajstić information content (AvgIpc) is 2.81. The molecule has 6 nitrogen and oxygen atoms in total. The lowest BCUT2D eigenvalue weighted by atomic mass is 10.1. The summed E-state index contributed by atoms with van der Waals surface area (Å²) in [7, 11) is 3.26. The van der Waals surface area contributed by atoms with Crippen molar-refractivity contribution in [1.82, 2.24) is 19.6 Å². The molecule has 0 aliphatic carbocycles. The minimum Gasteiger partial charge on any atom is -0.497 e. The van der Waals surface area contributed by atoms with Gasteiger partial charge in [-0.25, -0.2) is 4.98 Å². The van der Waals surface area contributed by atoms with Crippen LogP contribution in [0.3, 0.4) is 0 Å². The molecule has 0 N–H and O–H groups in total. The number of fused-ring (bicyclic) bond motifs is 3. The molecule has 1 aromatic carbocycles. The zero-order valence-corrected chi connectivity index (χ0v) is 13.5. The fourth-order valence-electron chi connectivity index (χ4n) is 2.66. The van der Waals surface area contributed by atoms with Crippen LogP contribution in [-0.2, 0) is 6.42 Å². The van der Waals surface area contributed by atoms with Gasteiger partial charge >= 0.3 is 0 Å². The van der Waals surface area contributed by atoms with Gasteiger partial charge in [0.25, 0.3) is 0 Å². The fourth-order valence-corrected chi connectivity index (χ4v) is 2.66. The first-order chi connectivity index (χ1) is 10.5.